The molecular formula is C9H16O4. The van der Waals surface area contributed by atoms with Crippen LogP contribution in [0, 0.1) is 5.92 Å². The van der Waals surface area contributed by atoms with E-state index >= 15 is 0 Å². The lowest BCUT2D eigenvalue weighted by molar-refractivity contribution is -0.151. The molecule has 0 saturated heterocycles. The van der Waals surface area contributed by atoms with Crippen LogP contribution in [0.5, 0.6) is 0 Å². The number of carbonyl (C=O) groups is 2. The summed E-state index contributed by atoms with van der Waals surface area (Å²) in [5.74, 6) is -1.29. The molecule has 0 aliphatic heterocycles. The Balaban J connectivity index is 4.07. The molecule has 13 heavy (non-hydrogen) atoms. The van der Waals surface area contributed by atoms with E-state index in [-0.39, 0.29) is 5.78 Å². The molecule has 0 N–H and O–H groups in total. The van der Waals surface area contributed by atoms with E-state index in [9.17, 15) is 9.59 Å². The third kappa shape index (κ3) is 4.62. The van der Waals surface area contributed by atoms with E-state index in [0.717, 1.165) is 0 Å². The fourth-order valence-electron chi connectivity index (χ4n) is 0.966. The molecule has 76 valence electrons. The number of rotatable bonds is 6. The molecule has 1 atom stereocenters. The minimum Gasteiger partial charge on any atom is -0.465 e. The van der Waals surface area contributed by atoms with Crippen molar-refractivity contribution in [2.45, 2.75) is 20.3 Å². The van der Waals surface area contributed by atoms with Crippen molar-refractivity contribution in [3.05, 3.63) is 0 Å². The molecule has 0 aliphatic rings. The van der Waals surface area contributed by atoms with Gasteiger partial charge in [0.25, 0.3) is 0 Å². The highest BCUT2D eigenvalue weighted by atomic mass is 16.5. The monoisotopic (exact) mass is 188 g/mol. The smallest absolute Gasteiger partial charge is 0.316 e. The van der Waals surface area contributed by atoms with Crippen LogP contribution in [0.3, 0.4) is 0 Å². The molecule has 0 aromatic heterocycles. The molecule has 4 nitrogen and oxygen atoms in total. The first-order valence-electron chi connectivity index (χ1n) is 4.29. The number of ketones is 1. The van der Waals surface area contributed by atoms with Crippen LogP contribution in [0.2, 0.25) is 0 Å². The molecule has 0 rings (SSSR count). The van der Waals surface area contributed by atoms with Crippen molar-refractivity contribution in [3.63, 3.8) is 0 Å². The first-order chi connectivity index (χ1) is 6.13. The van der Waals surface area contributed by atoms with Crippen LogP contribution in [-0.2, 0) is 19.1 Å². The van der Waals surface area contributed by atoms with E-state index in [4.69, 9.17) is 9.47 Å². The van der Waals surface area contributed by atoms with E-state index in [1.54, 1.807) is 6.92 Å². The Kier molecular flexibility index (Phi) is 6.14. The molecule has 0 unspecified atom stereocenters. The molecular weight excluding hydrogens is 172 g/mol. The van der Waals surface area contributed by atoms with Gasteiger partial charge in [0.2, 0.25) is 0 Å². The Morgan fingerprint density at radius 2 is 2.00 bits per heavy atom. The number of hydrogen-bond acceptors (Lipinski definition) is 4. The lowest BCUT2D eigenvalue weighted by Gasteiger charge is -2.11. The molecule has 0 aliphatic carbocycles. The summed E-state index contributed by atoms with van der Waals surface area (Å²) < 4.78 is 9.54. The van der Waals surface area contributed by atoms with Gasteiger partial charge in [0.05, 0.1) is 6.61 Å². The minimum absolute atomic E-state index is 0.171. The lowest BCUT2D eigenvalue weighted by atomic mass is 10.0. The summed E-state index contributed by atoms with van der Waals surface area (Å²) in [6.45, 7) is 3.79. The molecule has 0 fully saturated rings. The van der Waals surface area contributed by atoms with Crippen molar-refractivity contribution in [2.75, 3.05) is 20.3 Å². The summed E-state index contributed by atoms with van der Waals surface area (Å²) in [6.07, 6.45) is 0.394. The summed E-state index contributed by atoms with van der Waals surface area (Å²) >= 11 is 0. The molecule has 0 bridgehead atoms. The molecule has 0 radical (unpaired) electrons. The quantitative estimate of drug-likeness (QED) is 0.457. The predicted molar refractivity (Wildman–Crippen MR) is 47.3 cm³/mol. The van der Waals surface area contributed by atoms with Crippen LogP contribution in [0.4, 0.5) is 0 Å². The van der Waals surface area contributed by atoms with E-state index < -0.39 is 11.9 Å². The van der Waals surface area contributed by atoms with Crippen molar-refractivity contribution in [1.29, 1.82) is 0 Å². The summed E-state index contributed by atoms with van der Waals surface area (Å²) in [7, 11) is 1.53. The van der Waals surface area contributed by atoms with Gasteiger partial charge in [0.15, 0.2) is 0 Å². The molecule has 0 aromatic carbocycles. The van der Waals surface area contributed by atoms with Crippen LogP contribution in [0.15, 0.2) is 0 Å². The van der Waals surface area contributed by atoms with E-state index in [1.807, 2.05) is 0 Å². The molecule has 0 saturated carbocycles. The standard InChI is InChI=1S/C9H16O4/c1-4-13-9(11)8(7(2)10)5-6-12-3/h8H,4-6H2,1-3H3/t8-/m1/s1. The maximum Gasteiger partial charge on any atom is 0.316 e. The average molecular weight is 188 g/mol. The Bertz CT molecular complexity index is 176. The molecule has 4 heteroatoms. The normalized spacial score (nSPS) is 12.2. The summed E-state index contributed by atoms with van der Waals surface area (Å²) in [6, 6.07) is 0. The minimum atomic E-state index is -0.667. The lowest BCUT2D eigenvalue weighted by Crippen LogP contribution is -2.25. The number of ether oxygens (including phenoxy) is 2. The van der Waals surface area contributed by atoms with E-state index in [2.05, 4.69) is 0 Å². The average Bonchev–Trinajstić information content (AvgIpc) is 2.05. The summed E-state index contributed by atoms with van der Waals surface area (Å²) in [5, 5.41) is 0. The first-order valence-corrected chi connectivity index (χ1v) is 4.29. The van der Waals surface area contributed by atoms with Crippen molar-refractivity contribution in [1.82, 2.24) is 0 Å². The fraction of sp³-hybridized carbons (Fsp3) is 0.778. The van der Waals surface area contributed by atoms with Gasteiger partial charge in [0.1, 0.15) is 11.7 Å². The van der Waals surface area contributed by atoms with Gasteiger partial charge in [-0.25, -0.2) is 0 Å². The molecule has 0 amide bonds. The topological polar surface area (TPSA) is 52.6 Å². The predicted octanol–water partition coefficient (Wildman–Crippen LogP) is 0.791. The van der Waals surface area contributed by atoms with Gasteiger partial charge in [0, 0.05) is 13.7 Å². The maximum absolute atomic E-state index is 11.2. The summed E-state index contributed by atoms with van der Waals surface area (Å²) in [4.78, 5) is 22.2. The highest BCUT2D eigenvalue weighted by molar-refractivity contribution is 5.97. The van der Waals surface area contributed by atoms with Gasteiger partial charge < -0.3 is 9.47 Å². The Morgan fingerprint density at radius 1 is 1.38 bits per heavy atom. The first kappa shape index (κ1) is 12.1. The third-order valence-corrected chi connectivity index (χ3v) is 1.67. The van der Waals surface area contributed by atoms with Gasteiger partial charge in [-0.2, -0.15) is 0 Å². The third-order valence-electron chi connectivity index (χ3n) is 1.67. The Hall–Kier alpha value is -0.900. The van der Waals surface area contributed by atoms with Crippen LogP contribution in [0.25, 0.3) is 0 Å². The van der Waals surface area contributed by atoms with Crippen LogP contribution >= 0.6 is 0 Å². The molecule has 0 spiro atoms. The second kappa shape index (κ2) is 6.60. The zero-order chi connectivity index (χ0) is 10.3. The molecule has 0 aromatic rings. The van der Waals surface area contributed by atoms with Crippen LogP contribution < -0.4 is 0 Å². The number of carbonyl (C=O) groups excluding carboxylic acids is 2. The van der Waals surface area contributed by atoms with Crippen molar-refractivity contribution >= 4 is 11.8 Å². The van der Waals surface area contributed by atoms with Gasteiger partial charge in [-0.15, -0.1) is 0 Å². The SMILES string of the molecule is CCOC(=O)[C@H](CCOC)C(C)=O. The largest absolute Gasteiger partial charge is 0.465 e. The number of methoxy groups -OCH3 is 1. The highest BCUT2D eigenvalue weighted by Gasteiger charge is 2.23. The van der Waals surface area contributed by atoms with Gasteiger partial charge in [-0.1, -0.05) is 0 Å². The van der Waals surface area contributed by atoms with Crippen molar-refractivity contribution < 1.29 is 19.1 Å². The highest BCUT2D eigenvalue weighted by Crippen LogP contribution is 2.07. The van der Waals surface area contributed by atoms with Crippen molar-refractivity contribution in [3.8, 4) is 0 Å². The number of esters is 1. The Morgan fingerprint density at radius 3 is 2.38 bits per heavy atom. The van der Waals surface area contributed by atoms with Gasteiger partial charge in [-0.3, -0.25) is 9.59 Å². The second-order valence-corrected chi connectivity index (χ2v) is 2.70. The maximum atomic E-state index is 11.2. The van der Waals surface area contributed by atoms with Crippen LogP contribution in [0.1, 0.15) is 20.3 Å². The zero-order valence-electron chi connectivity index (χ0n) is 8.33. The van der Waals surface area contributed by atoms with Gasteiger partial charge >= 0.3 is 5.97 Å². The van der Waals surface area contributed by atoms with Crippen molar-refractivity contribution in [2.24, 2.45) is 5.92 Å². The second-order valence-electron chi connectivity index (χ2n) is 2.70. The summed E-state index contributed by atoms with van der Waals surface area (Å²) in [5.41, 5.74) is 0. The zero-order valence-corrected chi connectivity index (χ0v) is 8.33. The fourth-order valence-corrected chi connectivity index (χ4v) is 0.966. The van der Waals surface area contributed by atoms with Gasteiger partial charge in [-0.05, 0) is 20.3 Å². The van der Waals surface area contributed by atoms with E-state index in [1.165, 1.54) is 14.0 Å². The Labute approximate surface area is 78.2 Å². The molecule has 0 heterocycles. The number of Topliss-reactive ketones (excluding diaryl/α,β-unsaturated/α-hetero) is 1. The van der Waals surface area contributed by atoms with E-state index in [0.29, 0.717) is 19.6 Å². The van der Waals surface area contributed by atoms with Crippen LogP contribution in [-0.4, -0.2) is 32.1 Å². The number of hydrogen-bond donors (Lipinski definition) is 0.